The molecule has 12 heavy (non-hydrogen) atoms. The van der Waals surface area contributed by atoms with Gasteiger partial charge in [-0.1, -0.05) is 41.0 Å². The van der Waals surface area contributed by atoms with E-state index in [1.807, 2.05) is 0 Å². The quantitative estimate of drug-likeness (QED) is 0.674. The van der Waals surface area contributed by atoms with Crippen LogP contribution in [0.15, 0.2) is 0 Å². The molecule has 0 spiro atoms. The molecule has 0 bridgehead atoms. The molecule has 0 radical (unpaired) electrons. The molecule has 0 aromatic carbocycles. The van der Waals surface area contributed by atoms with Crippen LogP contribution < -0.4 is 5.73 Å². The van der Waals surface area contributed by atoms with Crippen LogP contribution >= 0.6 is 0 Å². The van der Waals surface area contributed by atoms with Gasteiger partial charge in [-0.05, 0) is 24.7 Å². The zero-order valence-corrected chi connectivity index (χ0v) is 9.41. The zero-order valence-electron chi connectivity index (χ0n) is 9.41. The Kier molecular flexibility index (Phi) is 4.25. The van der Waals surface area contributed by atoms with E-state index in [1.165, 1.54) is 12.8 Å². The first kappa shape index (κ1) is 12.0. The molecule has 1 heteroatoms. The standard InChI is InChI=1S/C11H25N/c1-6-9-10(4,5)11(12,7-2)8-3/h6-9,12H2,1-5H3. The number of rotatable bonds is 5. The maximum atomic E-state index is 6.36. The predicted molar refractivity (Wildman–Crippen MR) is 56.2 cm³/mol. The highest BCUT2D eigenvalue weighted by atomic mass is 14.8. The van der Waals surface area contributed by atoms with Crippen molar-refractivity contribution in [3.63, 3.8) is 0 Å². The second-order valence-electron chi connectivity index (χ2n) is 4.50. The number of nitrogens with two attached hydrogens (primary N) is 1. The van der Waals surface area contributed by atoms with Crippen LogP contribution in [0.2, 0.25) is 0 Å². The topological polar surface area (TPSA) is 26.0 Å². The van der Waals surface area contributed by atoms with Crippen LogP contribution in [0.4, 0.5) is 0 Å². The van der Waals surface area contributed by atoms with Crippen molar-refractivity contribution in [3.05, 3.63) is 0 Å². The molecule has 0 rings (SSSR count). The van der Waals surface area contributed by atoms with Crippen molar-refractivity contribution in [3.8, 4) is 0 Å². The van der Waals surface area contributed by atoms with E-state index in [-0.39, 0.29) is 11.0 Å². The summed E-state index contributed by atoms with van der Waals surface area (Å²) in [5.41, 5.74) is 6.67. The first-order chi connectivity index (χ1) is 5.43. The molecule has 2 N–H and O–H groups in total. The largest absolute Gasteiger partial charge is 0.325 e. The lowest BCUT2D eigenvalue weighted by molar-refractivity contribution is 0.137. The van der Waals surface area contributed by atoms with Gasteiger partial charge in [-0.2, -0.15) is 0 Å². The summed E-state index contributed by atoms with van der Waals surface area (Å²) in [6.07, 6.45) is 4.62. The lowest BCUT2D eigenvalue weighted by Crippen LogP contribution is -2.51. The molecule has 0 aliphatic heterocycles. The molecule has 1 nitrogen and oxygen atoms in total. The van der Waals surface area contributed by atoms with Gasteiger partial charge in [0.25, 0.3) is 0 Å². The number of hydrogen-bond acceptors (Lipinski definition) is 1. The molecule has 0 aliphatic carbocycles. The highest BCUT2D eigenvalue weighted by molar-refractivity contribution is 4.95. The second-order valence-corrected chi connectivity index (χ2v) is 4.50. The smallest absolute Gasteiger partial charge is 0.0200 e. The van der Waals surface area contributed by atoms with Crippen LogP contribution in [0.25, 0.3) is 0 Å². The van der Waals surface area contributed by atoms with Gasteiger partial charge < -0.3 is 5.73 Å². The average molecular weight is 171 g/mol. The SMILES string of the molecule is CCCC(C)(C)C(N)(CC)CC. The molecule has 74 valence electrons. The second kappa shape index (κ2) is 4.27. The molecular weight excluding hydrogens is 146 g/mol. The van der Waals surface area contributed by atoms with Gasteiger partial charge in [0.2, 0.25) is 0 Å². The fourth-order valence-electron chi connectivity index (χ4n) is 2.08. The summed E-state index contributed by atoms with van der Waals surface area (Å²) < 4.78 is 0. The molecule has 0 aliphatic rings. The van der Waals surface area contributed by atoms with E-state index < -0.39 is 0 Å². The van der Waals surface area contributed by atoms with Gasteiger partial charge in [0, 0.05) is 5.54 Å². The molecule has 0 unspecified atom stereocenters. The molecule has 0 saturated heterocycles. The third kappa shape index (κ3) is 2.22. The maximum absolute atomic E-state index is 6.36. The van der Waals surface area contributed by atoms with Crippen molar-refractivity contribution in [1.82, 2.24) is 0 Å². The zero-order chi connectivity index (χ0) is 9.83. The third-order valence-corrected chi connectivity index (χ3v) is 3.48. The lowest BCUT2D eigenvalue weighted by Gasteiger charge is -2.43. The van der Waals surface area contributed by atoms with Crippen molar-refractivity contribution in [2.75, 3.05) is 0 Å². The van der Waals surface area contributed by atoms with Crippen LogP contribution in [0.3, 0.4) is 0 Å². The van der Waals surface area contributed by atoms with Crippen molar-refractivity contribution in [2.45, 2.75) is 65.8 Å². The Morgan fingerprint density at radius 1 is 1.00 bits per heavy atom. The van der Waals surface area contributed by atoms with E-state index in [2.05, 4.69) is 34.6 Å². The maximum Gasteiger partial charge on any atom is 0.0200 e. The van der Waals surface area contributed by atoms with Gasteiger partial charge in [-0.3, -0.25) is 0 Å². The van der Waals surface area contributed by atoms with Crippen molar-refractivity contribution in [1.29, 1.82) is 0 Å². The van der Waals surface area contributed by atoms with Crippen molar-refractivity contribution < 1.29 is 0 Å². The summed E-state index contributed by atoms with van der Waals surface area (Å²) in [5, 5.41) is 0. The summed E-state index contributed by atoms with van der Waals surface area (Å²) in [4.78, 5) is 0. The van der Waals surface area contributed by atoms with E-state index in [0.717, 1.165) is 12.8 Å². The Balaban J connectivity index is 4.46. The first-order valence-electron chi connectivity index (χ1n) is 5.22. The van der Waals surface area contributed by atoms with E-state index >= 15 is 0 Å². The van der Waals surface area contributed by atoms with E-state index in [1.54, 1.807) is 0 Å². The highest BCUT2D eigenvalue weighted by Gasteiger charge is 2.37. The minimum atomic E-state index is 0.0308. The minimum Gasteiger partial charge on any atom is -0.325 e. The van der Waals surface area contributed by atoms with Crippen LogP contribution in [0, 0.1) is 5.41 Å². The van der Waals surface area contributed by atoms with Gasteiger partial charge in [0.05, 0.1) is 0 Å². The monoisotopic (exact) mass is 171 g/mol. The van der Waals surface area contributed by atoms with Gasteiger partial charge >= 0.3 is 0 Å². The van der Waals surface area contributed by atoms with Gasteiger partial charge in [0.1, 0.15) is 0 Å². The summed E-state index contributed by atoms with van der Waals surface area (Å²) in [7, 11) is 0. The molecule has 0 saturated carbocycles. The lowest BCUT2D eigenvalue weighted by atomic mass is 9.67. The summed E-state index contributed by atoms with van der Waals surface area (Å²) in [6.45, 7) is 11.2. The third-order valence-electron chi connectivity index (χ3n) is 3.48. The first-order valence-corrected chi connectivity index (χ1v) is 5.22. The summed E-state index contributed by atoms with van der Waals surface area (Å²) >= 11 is 0. The molecule has 0 aromatic heterocycles. The Bertz CT molecular complexity index is 123. The van der Waals surface area contributed by atoms with Crippen LogP contribution in [-0.2, 0) is 0 Å². The Morgan fingerprint density at radius 3 is 1.67 bits per heavy atom. The summed E-state index contributed by atoms with van der Waals surface area (Å²) in [6, 6.07) is 0. The van der Waals surface area contributed by atoms with E-state index in [9.17, 15) is 0 Å². The number of hydrogen-bond donors (Lipinski definition) is 1. The van der Waals surface area contributed by atoms with Crippen LogP contribution in [-0.4, -0.2) is 5.54 Å². The Hall–Kier alpha value is -0.0400. The van der Waals surface area contributed by atoms with E-state index in [0.29, 0.717) is 0 Å². The molecule has 0 atom stereocenters. The molecule has 0 aromatic rings. The van der Waals surface area contributed by atoms with Gasteiger partial charge in [0.15, 0.2) is 0 Å². The van der Waals surface area contributed by atoms with Gasteiger partial charge in [-0.25, -0.2) is 0 Å². The molecule has 0 heterocycles. The van der Waals surface area contributed by atoms with E-state index in [4.69, 9.17) is 5.73 Å². The predicted octanol–water partition coefficient (Wildman–Crippen LogP) is 3.33. The van der Waals surface area contributed by atoms with Crippen LogP contribution in [0.1, 0.15) is 60.3 Å². The van der Waals surface area contributed by atoms with Crippen molar-refractivity contribution in [2.24, 2.45) is 11.1 Å². The highest BCUT2D eigenvalue weighted by Crippen LogP contribution is 2.37. The molecule has 0 fully saturated rings. The Morgan fingerprint density at radius 2 is 1.42 bits per heavy atom. The molecular formula is C11H25N. The fourth-order valence-corrected chi connectivity index (χ4v) is 2.08. The average Bonchev–Trinajstić information content (AvgIpc) is 2.02. The van der Waals surface area contributed by atoms with Gasteiger partial charge in [-0.15, -0.1) is 0 Å². The molecule has 0 amide bonds. The fraction of sp³-hybridized carbons (Fsp3) is 1.00. The summed E-state index contributed by atoms with van der Waals surface area (Å²) in [5.74, 6) is 0. The minimum absolute atomic E-state index is 0.0308. The van der Waals surface area contributed by atoms with Crippen LogP contribution in [0.5, 0.6) is 0 Å². The Labute approximate surface area is 77.7 Å². The normalized spacial score (nSPS) is 13.5. The van der Waals surface area contributed by atoms with Crippen molar-refractivity contribution >= 4 is 0 Å².